The van der Waals surface area contributed by atoms with E-state index in [0.29, 0.717) is 22.7 Å². The summed E-state index contributed by atoms with van der Waals surface area (Å²) >= 11 is 1.42. The van der Waals surface area contributed by atoms with Crippen molar-refractivity contribution >= 4 is 45.7 Å². The Bertz CT molecular complexity index is 1370. The first-order valence-electron chi connectivity index (χ1n) is 11.1. The number of fused-ring (bicyclic) bond motifs is 1. The molecule has 0 aliphatic heterocycles. The van der Waals surface area contributed by atoms with Crippen LogP contribution in [0.3, 0.4) is 0 Å². The van der Waals surface area contributed by atoms with Crippen LogP contribution >= 0.6 is 11.8 Å². The molecule has 0 aliphatic rings. The van der Waals surface area contributed by atoms with Gasteiger partial charge in [0.1, 0.15) is 0 Å². The number of carbonyl (C=O) groups is 2. The maximum absolute atomic E-state index is 12.9. The summed E-state index contributed by atoms with van der Waals surface area (Å²) in [5.41, 5.74) is 1.87. The Hall–Kier alpha value is -3.97. The Morgan fingerprint density at radius 2 is 1.54 bits per heavy atom. The highest BCUT2D eigenvalue weighted by Crippen LogP contribution is 2.30. The molecule has 0 fully saturated rings. The normalized spacial score (nSPS) is 11.5. The van der Waals surface area contributed by atoms with Crippen LogP contribution in [0.15, 0.2) is 89.8 Å². The fourth-order valence-electron chi connectivity index (χ4n) is 3.65. The summed E-state index contributed by atoms with van der Waals surface area (Å²) in [6.07, 6.45) is 0. The first-order valence-corrected chi connectivity index (χ1v) is 11.9. The van der Waals surface area contributed by atoms with Crippen LogP contribution in [0.25, 0.3) is 10.8 Å². The molecule has 0 aliphatic carbocycles. The Morgan fingerprint density at radius 3 is 2.34 bits per heavy atom. The number of hydrogen-bond donors (Lipinski definition) is 2. The van der Waals surface area contributed by atoms with Gasteiger partial charge in [0.05, 0.1) is 19.5 Å². The molecule has 7 heteroatoms. The first kappa shape index (κ1) is 24.2. The van der Waals surface area contributed by atoms with Gasteiger partial charge in [-0.1, -0.05) is 42.5 Å². The molecule has 6 nitrogen and oxygen atoms in total. The van der Waals surface area contributed by atoms with Crippen LogP contribution in [-0.2, 0) is 4.79 Å². The molecule has 0 radical (unpaired) electrons. The van der Waals surface area contributed by atoms with Gasteiger partial charge in [-0.25, -0.2) is 0 Å². The van der Waals surface area contributed by atoms with Crippen LogP contribution in [0.1, 0.15) is 17.3 Å². The number of anilines is 2. The van der Waals surface area contributed by atoms with Crippen molar-refractivity contribution < 1.29 is 19.1 Å². The second kappa shape index (κ2) is 11.0. The molecule has 2 amide bonds. The summed E-state index contributed by atoms with van der Waals surface area (Å²) in [4.78, 5) is 26.5. The molecular formula is C28H26N2O4S. The molecule has 0 aromatic heterocycles. The number of methoxy groups -OCH3 is 2. The van der Waals surface area contributed by atoms with E-state index in [1.807, 2.05) is 73.7 Å². The van der Waals surface area contributed by atoms with Crippen LogP contribution in [0.4, 0.5) is 11.4 Å². The lowest BCUT2D eigenvalue weighted by Crippen LogP contribution is -2.22. The monoisotopic (exact) mass is 486 g/mol. The summed E-state index contributed by atoms with van der Waals surface area (Å²) in [6, 6.07) is 26.2. The summed E-state index contributed by atoms with van der Waals surface area (Å²) in [6.45, 7) is 1.86. The molecule has 0 saturated heterocycles. The van der Waals surface area contributed by atoms with Gasteiger partial charge in [-0.15, -0.1) is 11.8 Å². The van der Waals surface area contributed by atoms with Gasteiger partial charge < -0.3 is 20.1 Å². The van der Waals surface area contributed by atoms with Gasteiger partial charge in [-0.05, 0) is 54.8 Å². The molecule has 0 saturated carbocycles. The van der Waals surface area contributed by atoms with Gasteiger partial charge >= 0.3 is 0 Å². The van der Waals surface area contributed by atoms with Gasteiger partial charge in [0.25, 0.3) is 5.91 Å². The minimum absolute atomic E-state index is 0.0916. The number of rotatable bonds is 8. The molecule has 1 unspecified atom stereocenters. The smallest absolute Gasteiger partial charge is 0.255 e. The first-order chi connectivity index (χ1) is 17.0. The van der Waals surface area contributed by atoms with Crippen LogP contribution in [0, 0.1) is 0 Å². The lowest BCUT2D eigenvalue weighted by Gasteiger charge is -2.14. The standard InChI is InChI=1S/C28H26N2O4S/c1-18(27(31)30-24-13-6-9-19-8-4-5-12-23(19)24)35-22-11-7-10-21(17-22)29-28(32)20-14-15-25(33-2)26(16-20)34-3/h4-18H,1-3H3,(H,29,32)(H,30,31). The quantitative estimate of drug-likeness (QED) is 0.289. The molecule has 0 spiro atoms. The van der Waals surface area contributed by atoms with E-state index in [4.69, 9.17) is 9.47 Å². The summed E-state index contributed by atoms with van der Waals surface area (Å²) in [5, 5.41) is 7.67. The fraction of sp³-hybridized carbons (Fsp3) is 0.143. The SMILES string of the molecule is COc1ccc(C(=O)Nc2cccc(SC(C)C(=O)Nc3cccc4ccccc34)c2)cc1OC. The highest BCUT2D eigenvalue weighted by Gasteiger charge is 2.17. The number of thioether (sulfide) groups is 1. The maximum Gasteiger partial charge on any atom is 0.255 e. The zero-order valence-electron chi connectivity index (χ0n) is 19.7. The largest absolute Gasteiger partial charge is 0.493 e. The average molecular weight is 487 g/mol. The highest BCUT2D eigenvalue weighted by molar-refractivity contribution is 8.00. The van der Waals surface area contributed by atoms with Gasteiger partial charge in [-0.2, -0.15) is 0 Å². The van der Waals surface area contributed by atoms with Crippen molar-refractivity contribution in [2.24, 2.45) is 0 Å². The predicted molar refractivity (Wildman–Crippen MR) is 142 cm³/mol. The molecule has 1 atom stereocenters. The van der Waals surface area contributed by atoms with E-state index in [1.165, 1.54) is 18.9 Å². The molecule has 4 rings (SSSR count). The van der Waals surface area contributed by atoms with Crippen molar-refractivity contribution in [2.45, 2.75) is 17.1 Å². The molecule has 2 N–H and O–H groups in total. The van der Waals surface area contributed by atoms with Crippen molar-refractivity contribution in [1.29, 1.82) is 0 Å². The van der Waals surface area contributed by atoms with E-state index in [2.05, 4.69) is 10.6 Å². The highest BCUT2D eigenvalue weighted by atomic mass is 32.2. The number of nitrogens with one attached hydrogen (secondary N) is 2. The zero-order chi connectivity index (χ0) is 24.8. The summed E-state index contributed by atoms with van der Waals surface area (Å²) in [5.74, 6) is 0.676. The van der Waals surface area contributed by atoms with Gasteiger partial charge in [-0.3, -0.25) is 9.59 Å². The Kier molecular flexibility index (Phi) is 7.57. The molecule has 35 heavy (non-hydrogen) atoms. The number of ether oxygens (including phenoxy) is 2. The number of carbonyl (C=O) groups excluding carboxylic acids is 2. The minimum atomic E-state index is -0.342. The van der Waals surface area contributed by atoms with Crippen LogP contribution in [0.2, 0.25) is 0 Å². The van der Waals surface area contributed by atoms with E-state index in [-0.39, 0.29) is 17.1 Å². The Balaban J connectivity index is 1.42. The topological polar surface area (TPSA) is 76.7 Å². The number of amides is 2. The molecule has 178 valence electrons. The van der Waals surface area contributed by atoms with Crippen molar-refractivity contribution in [3.05, 3.63) is 90.5 Å². The van der Waals surface area contributed by atoms with Gasteiger partial charge in [0.15, 0.2) is 11.5 Å². The maximum atomic E-state index is 12.9. The number of hydrogen-bond acceptors (Lipinski definition) is 5. The fourth-order valence-corrected chi connectivity index (χ4v) is 4.58. The molecule has 0 heterocycles. The van der Waals surface area contributed by atoms with E-state index in [1.54, 1.807) is 25.3 Å². The Morgan fingerprint density at radius 1 is 0.800 bits per heavy atom. The molecule has 4 aromatic rings. The average Bonchev–Trinajstić information content (AvgIpc) is 2.88. The summed E-state index contributed by atoms with van der Waals surface area (Å²) < 4.78 is 10.5. The van der Waals surface area contributed by atoms with E-state index >= 15 is 0 Å². The van der Waals surface area contributed by atoms with Crippen LogP contribution < -0.4 is 20.1 Å². The third-order valence-corrected chi connectivity index (χ3v) is 6.56. The van der Waals surface area contributed by atoms with Crippen LogP contribution in [-0.4, -0.2) is 31.3 Å². The molecule has 4 aromatic carbocycles. The minimum Gasteiger partial charge on any atom is -0.493 e. The van der Waals surface area contributed by atoms with Crippen LogP contribution in [0.5, 0.6) is 11.5 Å². The van der Waals surface area contributed by atoms with Crippen molar-refractivity contribution in [2.75, 3.05) is 24.9 Å². The number of benzene rings is 4. The lowest BCUT2D eigenvalue weighted by atomic mass is 10.1. The lowest BCUT2D eigenvalue weighted by molar-refractivity contribution is -0.115. The predicted octanol–water partition coefficient (Wildman–Crippen LogP) is 6.23. The van der Waals surface area contributed by atoms with E-state index < -0.39 is 0 Å². The van der Waals surface area contributed by atoms with E-state index in [9.17, 15) is 9.59 Å². The third-order valence-electron chi connectivity index (χ3n) is 5.47. The molecular weight excluding hydrogens is 460 g/mol. The second-order valence-corrected chi connectivity index (χ2v) is 9.24. The Labute approximate surface area is 208 Å². The third kappa shape index (κ3) is 5.75. The van der Waals surface area contributed by atoms with Gasteiger partial charge in [0.2, 0.25) is 5.91 Å². The second-order valence-electron chi connectivity index (χ2n) is 7.83. The zero-order valence-corrected chi connectivity index (χ0v) is 20.5. The van der Waals surface area contributed by atoms with E-state index in [0.717, 1.165) is 21.4 Å². The van der Waals surface area contributed by atoms with Gasteiger partial charge in [0, 0.05) is 27.2 Å². The van der Waals surface area contributed by atoms with Crippen molar-refractivity contribution in [3.8, 4) is 11.5 Å². The summed E-state index contributed by atoms with van der Waals surface area (Å²) in [7, 11) is 3.07. The van der Waals surface area contributed by atoms with Crippen molar-refractivity contribution in [3.63, 3.8) is 0 Å². The van der Waals surface area contributed by atoms with Crippen molar-refractivity contribution in [1.82, 2.24) is 0 Å². The molecule has 0 bridgehead atoms.